The van der Waals surface area contributed by atoms with Crippen LogP contribution in [-0.4, -0.2) is 67.4 Å². The van der Waals surface area contributed by atoms with Crippen LogP contribution in [-0.2, 0) is 19.1 Å². The summed E-state index contributed by atoms with van der Waals surface area (Å²) in [6, 6.07) is 8.07. The van der Waals surface area contributed by atoms with Crippen molar-refractivity contribution in [3.8, 4) is 5.75 Å². The lowest BCUT2D eigenvalue weighted by molar-refractivity contribution is -0.151. The molecule has 1 aromatic carbocycles. The molecule has 5 rings (SSSR count). The third-order valence-electron chi connectivity index (χ3n) is 7.12. The Morgan fingerprint density at radius 2 is 1.82 bits per heavy atom. The third-order valence-corrected chi connectivity index (χ3v) is 7.12. The molecule has 1 N–H and O–H groups in total. The third kappa shape index (κ3) is 6.07. The lowest BCUT2D eigenvalue weighted by atomic mass is 9.82. The zero-order valence-electron chi connectivity index (χ0n) is 20.0. The maximum atomic E-state index is 13.9. The summed E-state index contributed by atoms with van der Waals surface area (Å²) < 4.78 is 18.5. The van der Waals surface area contributed by atoms with Gasteiger partial charge in [-0.2, -0.15) is 0 Å². The van der Waals surface area contributed by atoms with Gasteiger partial charge in [-0.3, -0.25) is 9.59 Å². The van der Waals surface area contributed by atoms with Gasteiger partial charge in [0.25, 0.3) is 5.91 Å². The van der Waals surface area contributed by atoms with Crippen LogP contribution in [0.3, 0.4) is 0 Å². The Labute approximate surface area is 197 Å². The maximum absolute atomic E-state index is 13.9. The molecule has 33 heavy (non-hydrogen) atoms. The van der Waals surface area contributed by atoms with Gasteiger partial charge in [0.1, 0.15) is 12.4 Å². The van der Waals surface area contributed by atoms with Gasteiger partial charge >= 0.3 is 0 Å². The topological polar surface area (TPSA) is 77.1 Å². The molecule has 2 fully saturated rings. The quantitative estimate of drug-likeness (QED) is 0.645. The summed E-state index contributed by atoms with van der Waals surface area (Å²) in [5.74, 6) is 1.13. The Kier molecular flexibility index (Phi) is 7.91. The fourth-order valence-electron chi connectivity index (χ4n) is 5.21. The molecule has 0 radical (unpaired) electrons. The minimum Gasteiger partial charge on any atom is -0.478 e. The van der Waals surface area contributed by atoms with Crippen molar-refractivity contribution in [3.63, 3.8) is 0 Å². The molecule has 1 saturated heterocycles. The summed E-state index contributed by atoms with van der Waals surface area (Å²) in [6.07, 6.45) is 6.60. The molecule has 1 atom stereocenters. The van der Waals surface area contributed by atoms with Crippen molar-refractivity contribution in [1.29, 1.82) is 0 Å². The zero-order chi connectivity index (χ0) is 23.3. The Morgan fingerprint density at radius 1 is 1.03 bits per heavy atom. The molecule has 7 heteroatoms. The summed E-state index contributed by atoms with van der Waals surface area (Å²) >= 11 is 0. The number of nitrogens with zero attached hydrogens (tertiary/aromatic N) is 1. The Morgan fingerprint density at radius 3 is 2.64 bits per heavy atom. The molecule has 4 aliphatic rings. The Hall–Kier alpha value is -2.12. The van der Waals surface area contributed by atoms with Crippen LogP contribution in [0.1, 0.15) is 70.3 Å². The van der Waals surface area contributed by atoms with Gasteiger partial charge in [-0.1, -0.05) is 18.2 Å². The fraction of sp³-hybridized carbons (Fsp3) is 0.692. The fourth-order valence-corrected chi connectivity index (χ4v) is 5.21. The van der Waals surface area contributed by atoms with Crippen LogP contribution >= 0.6 is 0 Å². The van der Waals surface area contributed by atoms with Gasteiger partial charge in [-0.25, -0.2) is 0 Å². The number of ether oxygens (including phenoxy) is 3. The van der Waals surface area contributed by atoms with Crippen molar-refractivity contribution in [1.82, 2.24) is 10.2 Å². The summed E-state index contributed by atoms with van der Waals surface area (Å²) in [6.45, 7) is 5.87. The SMILES string of the molecule is CC1(C)Oc2ccccc2[C@H]2CC[C@H](CC2)OCC2CCOCC(=O)NCCCCN2C1=O. The van der Waals surface area contributed by atoms with E-state index < -0.39 is 5.60 Å². The lowest BCUT2D eigenvalue weighted by Crippen LogP contribution is -2.54. The van der Waals surface area contributed by atoms with Crippen LogP contribution in [0.15, 0.2) is 24.3 Å². The van der Waals surface area contributed by atoms with Crippen molar-refractivity contribution in [2.45, 2.75) is 82.5 Å². The van der Waals surface area contributed by atoms with Gasteiger partial charge in [-0.05, 0) is 76.3 Å². The number of fused-ring (bicyclic) bond motifs is 5. The minimum absolute atomic E-state index is 0.0291. The van der Waals surface area contributed by atoms with Gasteiger partial charge in [0.15, 0.2) is 5.60 Å². The average Bonchev–Trinajstić information content (AvgIpc) is 2.81. The molecule has 2 bridgehead atoms. The molecule has 1 unspecified atom stereocenters. The number of para-hydroxylation sites is 1. The molecule has 182 valence electrons. The second kappa shape index (κ2) is 10.9. The summed E-state index contributed by atoms with van der Waals surface area (Å²) in [7, 11) is 0. The first-order valence-corrected chi connectivity index (χ1v) is 12.5. The molecule has 3 heterocycles. The monoisotopic (exact) mass is 458 g/mol. The number of benzene rings is 1. The van der Waals surface area contributed by atoms with Crippen molar-refractivity contribution in [3.05, 3.63) is 29.8 Å². The molecule has 0 spiro atoms. The molecule has 7 nitrogen and oxygen atoms in total. The second-order valence-corrected chi connectivity index (χ2v) is 10.0. The average molecular weight is 459 g/mol. The van der Waals surface area contributed by atoms with E-state index in [1.165, 1.54) is 5.56 Å². The van der Waals surface area contributed by atoms with Crippen LogP contribution in [0.5, 0.6) is 5.75 Å². The molecule has 0 aromatic heterocycles. The van der Waals surface area contributed by atoms with E-state index in [9.17, 15) is 9.59 Å². The van der Waals surface area contributed by atoms with Crippen LogP contribution in [0, 0.1) is 0 Å². The van der Waals surface area contributed by atoms with Crippen molar-refractivity contribution in [2.24, 2.45) is 0 Å². The highest BCUT2D eigenvalue weighted by Gasteiger charge is 2.39. The first-order chi connectivity index (χ1) is 15.9. The minimum atomic E-state index is -1.01. The molecule has 1 saturated carbocycles. The smallest absolute Gasteiger partial charge is 0.266 e. The van der Waals surface area contributed by atoms with Crippen molar-refractivity contribution in [2.75, 3.05) is 32.9 Å². The highest BCUT2D eigenvalue weighted by atomic mass is 16.5. The molecule has 1 aliphatic carbocycles. The standard InChI is InChI=1S/C26H38N2O5/c1-26(2)25(30)28-15-6-5-14-27-24(29)18-31-16-13-20(28)17-32-21-11-9-19(10-12-21)22-7-3-4-8-23(22)33-26/h3-4,7-8,19-21H,5-6,9-18H2,1-2H3,(H,27,29)/t19-,20?,21+. The van der Waals surface area contributed by atoms with Crippen molar-refractivity contribution < 1.29 is 23.8 Å². The van der Waals surface area contributed by atoms with Gasteiger partial charge in [0.05, 0.1) is 18.8 Å². The number of carbonyl (C=O) groups is 2. The number of nitrogens with one attached hydrogen (secondary N) is 1. The maximum Gasteiger partial charge on any atom is 0.266 e. The number of hydrogen-bond donors (Lipinski definition) is 1. The molecular weight excluding hydrogens is 420 g/mol. The number of carbonyl (C=O) groups excluding carboxylic acids is 2. The number of amides is 2. The zero-order valence-corrected chi connectivity index (χ0v) is 20.0. The van der Waals surface area contributed by atoms with E-state index in [0.29, 0.717) is 38.6 Å². The van der Waals surface area contributed by atoms with Gasteiger partial charge < -0.3 is 24.4 Å². The van der Waals surface area contributed by atoms with Gasteiger partial charge in [-0.15, -0.1) is 0 Å². The van der Waals surface area contributed by atoms with Crippen molar-refractivity contribution >= 4 is 11.8 Å². The van der Waals surface area contributed by atoms with Gasteiger partial charge in [0.2, 0.25) is 5.91 Å². The summed E-state index contributed by atoms with van der Waals surface area (Å²) in [5.41, 5.74) is 0.192. The largest absolute Gasteiger partial charge is 0.478 e. The Balaban J connectivity index is 1.63. The predicted molar refractivity (Wildman–Crippen MR) is 125 cm³/mol. The normalized spacial score (nSPS) is 29.5. The highest BCUT2D eigenvalue weighted by Crippen LogP contribution is 2.40. The van der Waals surface area contributed by atoms with Crippen LogP contribution in [0.2, 0.25) is 0 Å². The van der Waals surface area contributed by atoms with E-state index in [0.717, 1.165) is 44.3 Å². The van der Waals surface area contributed by atoms with Gasteiger partial charge in [0, 0.05) is 19.7 Å². The van der Waals surface area contributed by atoms with E-state index in [2.05, 4.69) is 17.4 Å². The summed E-state index contributed by atoms with van der Waals surface area (Å²) in [5, 5.41) is 2.87. The second-order valence-electron chi connectivity index (χ2n) is 10.0. The highest BCUT2D eigenvalue weighted by molar-refractivity contribution is 5.85. The van der Waals surface area contributed by atoms with E-state index in [-0.39, 0.29) is 30.6 Å². The lowest BCUT2D eigenvalue weighted by Gasteiger charge is -2.38. The molecule has 1 aromatic rings. The predicted octanol–water partition coefficient (Wildman–Crippen LogP) is 3.41. The molecule has 3 aliphatic heterocycles. The first-order valence-electron chi connectivity index (χ1n) is 12.5. The van der Waals surface area contributed by atoms with E-state index >= 15 is 0 Å². The number of hydrogen-bond acceptors (Lipinski definition) is 5. The summed E-state index contributed by atoms with van der Waals surface area (Å²) in [4.78, 5) is 27.7. The van der Waals surface area contributed by atoms with E-state index in [4.69, 9.17) is 14.2 Å². The first kappa shape index (κ1) is 24.0. The molecular formula is C26H38N2O5. The van der Waals surface area contributed by atoms with Crippen LogP contribution < -0.4 is 10.1 Å². The van der Waals surface area contributed by atoms with E-state index in [1.807, 2.05) is 30.9 Å². The Bertz CT molecular complexity index is 819. The number of rotatable bonds is 0. The van der Waals surface area contributed by atoms with E-state index in [1.54, 1.807) is 0 Å². The molecule has 2 amide bonds. The van der Waals surface area contributed by atoms with Crippen LogP contribution in [0.25, 0.3) is 0 Å². The van der Waals surface area contributed by atoms with Crippen LogP contribution in [0.4, 0.5) is 0 Å².